The summed E-state index contributed by atoms with van der Waals surface area (Å²) in [5, 5.41) is 0. The fraction of sp³-hybridized carbons (Fsp3) is 0.714. The second kappa shape index (κ2) is 15.7. The van der Waals surface area contributed by atoms with Gasteiger partial charge in [-0.15, -0.1) is 0 Å². The van der Waals surface area contributed by atoms with Gasteiger partial charge in [-0.1, -0.05) is 63.8 Å². The monoisotopic (exact) mass is 614 g/mol. The van der Waals surface area contributed by atoms with Crippen LogP contribution in [0.3, 0.4) is 0 Å². The van der Waals surface area contributed by atoms with Gasteiger partial charge in [0.2, 0.25) is 0 Å². The molecule has 0 amide bonds. The topological polar surface area (TPSA) is 27.7 Å². The maximum absolute atomic E-state index is 7.56. The average Bonchev–Trinajstić information content (AvgIpc) is 3.10. The van der Waals surface area contributed by atoms with Crippen molar-refractivity contribution in [2.75, 3.05) is 14.2 Å². The molecule has 0 radical (unpaired) electrons. The van der Waals surface area contributed by atoms with E-state index in [1.807, 2.05) is 0 Å². The second-order valence-corrected chi connectivity index (χ2v) is 15.9. The Labute approximate surface area is 275 Å². The third kappa shape index (κ3) is 8.30. The molecule has 3 heteroatoms. The lowest BCUT2D eigenvalue weighted by molar-refractivity contribution is -0.0934. The quantitative estimate of drug-likeness (QED) is 0.266. The van der Waals surface area contributed by atoms with E-state index in [2.05, 4.69) is 62.4 Å². The summed E-state index contributed by atoms with van der Waals surface area (Å²) in [7, 11) is 3.53. The van der Waals surface area contributed by atoms with Crippen molar-refractivity contribution >= 4 is 0 Å². The van der Waals surface area contributed by atoms with E-state index in [0.717, 1.165) is 47.0 Å². The van der Waals surface area contributed by atoms with Crippen molar-refractivity contribution in [3.63, 3.8) is 0 Å². The van der Waals surface area contributed by atoms with Crippen LogP contribution in [0.1, 0.15) is 140 Å². The minimum atomic E-state index is 0.118. The summed E-state index contributed by atoms with van der Waals surface area (Å²) in [5.74, 6) is 8.60. The normalized spacial score (nSPS) is 34.0. The summed E-state index contributed by atoms with van der Waals surface area (Å²) < 4.78 is 18.7. The number of methoxy groups -OCH3 is 2. The van der Waals surface area contributed by atoms with Gasteiger partial charge in [-0.05, 0) is 160 Å². The van der Waals surface area contributed by atoms with Crippen LogP contribution in [-0.4, -0.2) is 14.2 Å². The van der Waals surface area contributed by atoms with Gasteiger partial charge in [0.05, 0.1) is 26.4 Å². The summed E-state index contributed by atoms with van der Waals surface area (Å²) in [6.07, 6.45) is 22.5. The first-order valence-electron chi connectivity index (χ1n) is 18.9. The van der Waals surface area contributed by atoms with Crippen LogP contribution in [0, 0.1) is 47.3 Å². The summed E-state index contributed by atoms with van der Waals surface area (Å²) in [6.45, 7) is 4.90. The molecule has 2 aromatic carbocycles. The van der Waals surface area contributed by atoms with E-state index >= 15 is 0 Å². The highest BCUT2D eigenvalue weighted by Crippen LogP contribution is 2.50. The van der Waals surface area contributed by atoms with Gasteiger partial charge < -0.3 is 14.2 Å². The van der Waals surface area contributed by atoms with E-state index in [0.29, 0.717) is 11.8 Å². The standard InChI is InChI=1S/C42H62O3/c1-29-5-9-31(10-6-29)33-13-17-35(18-14-33)41(37-21-25-39(43-3)26-22-37)45-42(38-23-27-40(44-4)28-24-38)36-19-15-34(16-20-36)32-11-7-30(2)8-12-32/h21-36,41-42H,5-20H2,1-4H3. The zero-order valence-electron chi connectivity index (χ0n) is 28.9. The Morgan fingerprint density at radius 2 is 0.711 bits per heavy atom. The van der Waals surface area contributed by atoms with Crippen LogP contribution >= 0.6 is 0 Å². The van der Waals surface area contributed by atoms with E-state index in [1.54, 1.807) is 14.2 Å². The molecule has 0 saturated heterocycles. The molecule has 0 bridgehead atoms. The van der Waals surface area contributed by atoms with Gasteiger partial charge in [-0.25, -0.2) is 0 Å². The predicted molar refractivity (Wildman–Crippen MR) is 186 cm³/mol. The lowest BCUT2D eigenvalue weighted by Gasteiger charge is -2.43. The fourth-order valence-electron chi connectivity index (χ4n) is 10.0. The minimum absolute atomic E-state index is 0.118. The molecule has 0 heterocycles. The van der Waals surface area contributed by atoms with Crippen LogP contribution < -0.4 is 9.47 Å². The Morgan fingerprint density at radius 1 is 0.422 bits per heavy atom. The molecular formula is C42H62O3. The summed E-state index contributed by atoms with van der Waals surface area (Å²) in [6, 6.07) is 17.7. The first kappa shape index (κ1) is 32.9. The third-order valence-electron chi connectivity index (χ3n) is 13.1. The summed E-state index contributed by atoms with van der Waals surface area (Å²) >= 11 is 0. The van der Waals surface area contributed by atoms with Crippen molar-refractivity contribution in [3.8, 4) is 11.5 Å². The SMILES string of the molecule is COc1ccc(C(OC(c2ccc(OC)cc2)C2CCC(C3CCC(C)CC3)CC2)C2CCC(C3CCC(C)CC3)CC2)cc1. The van der Waals surface area contributed by atoms with E-state index in [4.69, 9.17) is 14.2 Å². The third-order valence-corrected chi connectivity index (χ3v) is 13.1. The van der Waals surface area contributed by atoms with E-state index in [9.17, 15) is 0 Å². The number of hydrogen-bond acceptors (Lipinski definition) is 3. The van der Waals surface area contributed by atoms with Crippen molar-refractivity contribution in [2.45, 2.75) is 129 Å². The lowest BCUT2D eigenvalue weighted by Crippen LogP contribution is -2.31. The van der Waals surface area contributed by atoms with Crippen LogP contribution in [0.25, 0.3) is 0 Å². The van der Waals surface area contributed by atoms with E-state index in [1.165, 1.54) is 114 Å². The maximum Gasteiger partial charge on any atom is 0.118 e. The number of benzene rings is 2. The van der Waals surface area contributed by atoms with Gasteiger partial charge in [0.25, 0.3) is 0 Å². The maximum atomic E-state index is 7.56. The number of hydrogen-bond donors (Lipinski definition) is 0. The number of rotatable bonds is 10. The molecule has 0 aliphatic heterocycles. The highest BCUT2D eigenvalue weighted by molar-refractivity contribution is 5.31. The minimum Gasteiger partial charge on any atom is -0.497 e. The van der Waals surface area contributed by atoms with Gasteiger partial charge >= 0.3 is 0 Å². The largest absolute Gasteiger partial charge is 0.497 e. The van der Waals surface area contributed by atoms with Gasteiger partial charge in [0.1, 0.15) is 11.5 Å². The van der Waals surface area contributed by atoms with Crippen molar-refractivity contribution in [1.82, 2.24) is 0 Å². The molecular weight excluding hydrogens is 552 g/mol. The fourth-order valence-corrected chi connectivity index (χ4v) is 10.0. The first-order valence-corrected chi connectivity index (χ1v) is 18.9. The van der Waals surface area contributed by atoms with Gasteiger partial charge in [-0.2, -0.15) is 0 Å². The van der Waals surface area contributed by atoms with Crippen molar-refractivity contribution in [1.29, 1.82) is 0 Å². The van der Waals surface area contributed by atoms with Gasteiger partial charge in [-0.3, -0.25) is 0 Å². The summed E-state index contributed by atoms with van der Waals surface area (Å²) in [5.41, 5.74) is 2.66. The van der Waals surface area contributed by atoms with Gasteiger partial charge in [0, 0.05) is 0 Å². The van der Waals surface area contributed by atoms with E-state index in [-0.39, 0.29) is 12.2 Å². The first-order chi connectivity index (χ1) is 22.0. The molecule has 4 fully saturated rings. The van der Waals surface area contributed by atoms with Crippen molar-refractivity contribution < 1.29 is 14.2 Å². The molecule has 2 unspecified atom stereocenters. The molecule has 4 aliphatic carbocycles. The zero-order valence-corrected chi connectivity index (χ0v) is 28.9. The molecule has 2 aromatic rings. The molecule has 2 atom stereocenters. The average molecular weight is 615 g/mol. The van der Waals surface area contributed by atoms with Crippen LogP contribution in [0.15, 0.2) is 48.5 Å². The smallest absolute Gasteiger partial charge is 0.118 e. The molecule has 0 aromatic heterocycles. The predicted octanol–water partition coefficient (Wildman–Crippen LogP) is 11.8. The van der Waals surface area contributed by atoms with Crippen molar-refractivity contribution in [3.05, 3.63) is 59.7 Å². The Balaban J connectivity index is 1.20. The number of ether oxygens (including phenoxy) is 3. The molecule has 6 rings (SSSR count). The van der Waals surface area contributed by atoms with Crippen LogP contribution in [0.2, 0.25) is 0 Å². The highest BCUT2D eigenvalue weighted by atomic mass is 16.5. The van der Waals surface area contributed by atoms with Crippen LogP contribution in [0.5, 0.6) is 11.5 Å². The molecule has 4 saturated carbocycles. The molecule has 3 nitrogen and oxygen atoms in total. The van der Waals surface area contributed by atoms with Gasteiger partial charge in [0.15, 0.2) is 0 Å². The van der Waals surface area contributed by atoms with Crippen LogP contribution in [-0.2, 0) is 4.74 Å². The molecule has 45 heavy (non-hydrogen) atoms. The molecule has 0 spiro atoms. The summed E-state index contributed by atoms with van der Waals surface area (Å²) in [4.78, 5) is 0. The Morgan fingerprint density at radius 3 is 1.00 bits per heavy atom. The lowest BCUT2D eigenvalue weighted by atomic mass is 9.68. The second-order valence-electron chi connectivity index (χ2n) is 15.9. The highest BCUT2D eigenvalue weighted by Gasteiger charge is 2.38. The Hall–Kier alpha value is -2.00. The Bertz CT molecular complexity index is 1030. The zero-order chi connectivity index (χ0) is 31.2. The molecule has 4 aliphatic rings. The van der Waals surface area contributed by atoms with Crippen molar-refractivity contribution in [2.24, 2.45) is 47.3 Å². The molecule has 0 N–H and O–H groups in total. The van der Waals surface area contributed by atoms with E-state index < -0.39 is 0 Å². The Kier molecular flexibility index (Phi) is 11.5. The molecule has 248 valence electrons. The van der Waals surface area contributed by atoms with Crippen LogP contribution in [0.4, 0.5) is 0 Å².